The lowest BCUT2D eigenvalue weighted by Crippen LogP contribution is -2.33. The largest absolute Gasteiger partial charge is 0.504 e. The molecule has 0 bridgehead atoms. The number of likely N-dealkylation sites (N-methyl/N-ethyl adjacent to an activating group) is 1. The van der Waals surface area contributed by atoms with Crippen LogP contribution in [-0.2, 0) is 9.59 Å². The van der Waals surface area contributed by atoms with Crippen LogP contribution in [-0.4, -0.2) is 47.1 Å². The minimum absolute atomic E-state index is 0.0203. The number of carbonyl (C=O) groups excluding carboxylic acids is 1. The van der Waals surface area contributed by atoms with Crippen molar-refractivity contribution in [3.8, 4) is 12.3 Å². The van der Waals surface area contributed by atoms with Crippen molar-refractivity contribution in [2.45, 2.75) is 6.92 Å². The van der Waals surface area contributed by atoms with E-state index in [9.17, 15) is 14.7 Å². The van der Waals surface area contributed by atoms with Gasteiger partial charge in [-0.3, -0.25) is 9.79 Å². The molecule has 0 saturated heterocycles. The number of hydrogen-bond acceptors (Lipinski definition) is 5. The van der Waals surface area contributed by atoms with Crippen LogP contribution in [0.5, 0.6) is 0 Å². The average Bonchev–Trinajstić information content (AvgIpc) is 2.39. The summed E-state index contributed by atoms with van der Waals surface area (Å²) in [4.78, 5) is 30.4. The Bertz CT molecular complexity index is 618. The minimum atomic E-state index is -1.37. The number of nitrogens with zero attached hydrogens (tertiary/aromatic N) is 2. The lowest BCUT2D eigenvalue weighted by molar-refractivity contribution is -0.129. The Labute approximate surface area is 115 Å². The molecule has 20 heavy (non-hydrogen) atoms. The Balaban J connectivity index is 3.52. The molecule has 0 radical (unpaired) electrons. The summed E-state index contributed by atoms with van der Waals surface area (Å²) in [6.45, 7) is 1.98. The highest BCUT2D eigenvalue weighted by Gasteiger charge is 2.32. The van der Waals surface area contributed by atoms with Crippen LogP contribution in [0.25, 0.3) is 0 Å². The molecule has 1 heterocycles. The molecule has 0 saturated carbocycles. The number of carboxylic acids is 1. The number of amides is 1. The minimum Gasteiger partial charge on any atom is -0.504 e. The van der Waals surface area contributed by atoms with Gasteiger partial charge in [-0.25, -0.2) is 9.79 Å². The van der Waals surface area contributed by atoms with Gasteiger partial charge in [0.05, 0.1) is 0 Å². The van der Waals surface area contributed by atoms with Crippen molar-refractivity contribution in [1.82, 2.24) is 5.32 Å². The first-order valence-electron chi connectivity index (χ1n) is 5.65. The van der Waals surface area contributed by atoms with Crippen LogP contribution in [0.3, 0.4) is 0 Å². The molecular weight excluding hydrogens is 262 g/mol. The van der Waals surface area contributed by atoms with Crippen molar-refractivity contribution in [2.75, 3.05) is 13.6 Å². The van der Waals surface area contributed by atoms with Crippen molar-refractivity contribution < 1.29 is 19.8 Å². The Kier molecular flexibility index (Phi) is 4.81. The number of rotatable bonds is 3. The van der Waals surface area contributed by atoms with E-state index >= 15 is 0 Å². The summed E-state index contributed by atoms with van der Waals surface area (Å²) < 4.78 is 0. The molecular formula is C13H13N3O4. The quantitative estimate of drug-likeness (QED) is 0.632. The van der Waals surface area contributed by atoms with Gasteiger partial charge in [0.25, 0.3) is 5.91 Å². The summed E-state index contributed by atoms with van der Waals surface area (Å²) in [6.07, 6.45) is 6.24. The topological polar surface area (TPSA) is 111 Å². The highest BCUT2D eigenvalue weighted by molar-refractivity contribution is 6.53. The number of nitrogens with one attached hydrogen (secondary N) is 1. The number of allylic oxidation sites excluding steroid dienone is 2. The molecule has 3 N–H and O–H groups in total. The van der Waals surface area contributed by atoms with Crippen LogP contribution in [0, 0.1) is 12.3 Å². The standard InChI is InChI=1S/C13H13N3O4/c1-4-6-7-8(14-3)11(17)10(12(18)15-5-2)16-9(7)13(19)20/h1,6,17H,5H2,2-3H3,(H,15,18)(H,19,20)/b7-6+,14-8?. The van der Waals surface area contributed by atoms with Crippen molar-refractivity contribution in [3.05, 3.63) is 23.1 Å². The smallest absolute Gasteiger partial charge is 0.355 e. The Hall–Kier alpha value is -2.88. The fourth-order valence-corrected chi connectivity index (χ4v) is 1.59. The van der Waals surface area contributed by atoms with E-state index in [1.54, 1.807) is 6.92 Å². The average molecular weight is 275 g/mol. The van der Waals surface area contributed by atoms with E-state index in [4.69, 9.17) is 11.5 Å². The zero-order valence-corrected chi connectivity index (χ0v) is 11.0. The van der Waals surface area contributed by atoms with Crippen molar-refractivity contribution in [3.63, 3.8) is 0 Å². The van der Waals surface area contributed by atoms with E-state index in [-0.39, 0.29) is 11.3 Å². The first kappa shape index (κ1) is 15.2. The van der Waals surface area contributed by atoms with E-state index in [0.29, 0.717) is 6.54 Å². The number of carbonyl (C=O) groups is 2. The molecule has 0 aromatic rings. The van der Waals surface area contributed by atoms with Gasteiger partial charge < -0.3 is 15.5 Å². The number of aliphatic hydroxyl groups excluding tert-OH is 1. The van der Waals surface area contributed by atoms with Crippen molar-refractivity contribution in [2.24, 2.45) is 9.98 Å². The van der Waals surface area contributed by atoms with Crippen LogP contribution < -0.4 is 5.32 Å². The normalized spacial score (nSPS) is 18.8. The van der Waals surface area contributed by atoms with Gasteiger partial charge in [-0.15, -0.1) is 6.42 Å². The fourth-order valence-electron chi connectivity index (χ4n) is 1.59. The maximum Gasteiger partial charge on any atom is 0.355 e. The molecule has 7 nitrogen and oxygen atoms in total. The van der Waals surface area contributed by atoms with E-state index in [1.165, 1.54) is 7.05 Å². The molecule has 0 aromatic carbocycles. The molecule has 1 aliphatic rings. The third kappa shape index (κ3) is 2.75. The second-order valence-electron chi connectivity index (χ2n) is 3.62. The lowest BCUT2D eigenvalue weighted by Gasteiger charge is -2.17. The highest BCUT2D eigenvalue weighted by Crippen LogP contribution is 2.20. The molecule has 104 valence electrons. The SMILES string of the molecule is C#C/C=C1/C(C(=O)O)=NC(C(=O)NCC)=C(O)C1=NC. The molecule has 0 aromatic heterocycles. The van der Waals surface area contributed by atoms with Crippen LogP contribution in [0.1, 0.15) is 6.92 Å². The summed E-state index contributed by atoms with van der Waals surface area (Å²) in [7, 11) is 1.34. The van der Waals surface area contributed by atoms with Gasteiger partial charge in [0.15, 0.2) is 17.2 Å². The molecule has 1 amide bonds. The van der Waals surface area contributed by atoms with Crippen LogP contribution in [0.2, 0.25) is 0 Å². The summed E-state index contributed by atoms with van der Waals surface area (Å²) in [5.41, 5.74) is -0.953. The van der Waals surface area contributed by atoms with Gasteiger partial charge in [0.2, 0.25) is 0 Å². The van der Waals surface area contributed by atoms with Gasteiger partial charge in [0, 0.05) is 19.2 Å². The first-order valence-corrected chi connectivity index (χ1v) is 5.65. The maximum atomic E-state index is 11.8. The van der Waals surface area contributed by atoms with E-state index < -0.39 is 29.0 Å². The number of hydrogen-bond donors (Lipinski definition) is 3. The summed E-state index contributed by atoms with van der Waals surface area (Å²) in [5, 5.41) is 21.6. The van der Waals surface area contributed by atoms with Crippen molar-refractivity contribution in [1.29, 1.82) is 0 Å². The predicted octanol–water partition coefficient (Wildman–Crippen LogP) is 0.0617. The molecule has 0 spiro atoms. The molecule has 1 rings (SSSR count). The molecule has 7 heteroatoms. The van der Waals surface area contributed by atoms with Crippen LogP contribution in [0.15, 0.2) is 33.1 Å². The predicted molar refractivity (Wildman–Crippen MR) is 73.7 cm³/mol. The first-order chi connectivity index (χ1) is 9.47. The number of aliphatic hydroxyl groups is 1. The lowest BCUT2D eigenvalue weighted by atomic mass is 9.98. The maximum absolute atomic E-state index is 11.8. The second-order valence-corrected chi connectivity index (χ2v) is 3.62. The van der Waals surface area contributed by atoms with Gasteiger partial charge >= 0.3 is 5.97 Å². The monoisotopic (exact) mass is 275 g/mol. The van der Waals surface area contributed by atoms with Crippen LogP contribution >= 0.6 is 0 Å². The third-order valence-corrected chi connectivity index (χ3v) is 2.39. The molecule has 1 aliphatic heterocycles. The molecule has 0 atom stereocenters. The Morgan fingerprint density at radius 1 is 1.55 bits per heavy atom. The summed E-state index contributed by atoms with van der Waals surface area (Å²) in [5.74, 6) is -0.418. The zero-order valence-electron chi connectivity index (χ0n) is 11.0. The zero-order chi connectivity index (χ0) is 15.3. The van der Waals surface area contributed by atoms with Crippen LogP contribution in [0.4, 0.5) is 0 Å². The number of aliphatic imine (C=N–C) groups is 2. The molecule has 0 unspecified atom stereocenters. The van der Waals surface area contributed by atoms with E-state index in [2.05, 4.69) is 21.2 Å². The van der Waals surface area contributed by atoms with Gasteiger partial charge in [0.1, 0.15) is 5.71 Å². The summed E-state index contributed by atoms with van der Waals surface area (Å²) in [6, 6.07) is 0. The second kappa shape index (κ2) is 6.33. The fraction of sp³-hybridized carbons (Fsp3) is 0.231. The highest BCUT2D eigenvalue weighted by atomic mass is 16.4. The van der Waals surface area contributed by atoms with Gasteiger partial charge in [-0.05, 0) is 13.0 Å². The number of terminal acetylenes is 1. The number of aliphatic carboxylic acids is 1. The number of carboxylic acid groups (broad SMARTS) is 1. The van der Waals surface area contributed by atoms with Gasteiger partial charge in [-0.2, -0.15) is 0 Å². The summed E-state index contributed by atoms with van der Waals surface area (Å²) >= 11 is 0. The Morgan fingerprint density at radius 2 is 2.20 bits per heavy atom. The van der Waals surface area contributed by atoms with Crippen molar-refractivity contribution >= 4 is 23.3 Å². The molecule has 0 fully saturated rings. The van der Waals surface area contributed by atoms with Gasteiger partial charge in [-0.1, -0.05) is 5.92 Å². The third-order valence-electron chi connectivity index (χ3n) is 2.39. The van der Waals surface area contributed by atoms with E-state index in [0.717, 1.165) is 6.08 Å². The molecule has 0 aliphatic carbocycles. The van der Waals surface area contributed by atoms with E-state index in [1.807, 2.05) is 0 Å². The Morgan fingerprint density at radius 3 is 2.65 bits per heavy atom.